The molecule has 4 nitrogen and oxygen atoms in total. The molecule has 5 heteroatoms. The van der Waals surface area contributed by atoms with Gasteiger partial charge in [-0.05, 0) is 25.6 Å². The Hall–Kier alpha value is -0.910. The number of rotatable bonds is 4. The molecule has 104 valence electrons. The molecule has 3 unspecified atom stereocenters. The molecule has 1 fully saturated rings. The molecule has 1 aromatic carbocycles. The molecule has 0 aliphatic carbocycles. The molecule has 3 atom stereocenters. The molecular weight excluding hydrogens is 310 g/mol. The van der Waals surface area contributed by atoms with Crippen LogP contribution in [-0.4, -0.2) is 42.3 Å². The second-order valence-corrected chi connectivity index (χ2v) is 5.77. The van der Waals surface area contributed by atoms with Crippen LogP contribution in [0.3, 0.4) is 0 Å². The summed E-state index contributed by atoms with van der Waals surface area (Å²) in [5.41, 5.74) is 1.15. The van der Waals surface area contributed by atoms with Crippen LogP contribution in [0, 0.1) is 5.92 Å². The van der Waals surface area contributed by atoms with Crippen molar-refractivity contribution in [1.82, 2.24) is 4.90 Å². The highest BCUT2D eigenvalue weighted by Crippen LogP contribution is 2.31. The molecule has 1 saturated heterocycles. The number of likely N-dealkylation sites (N-methyl/N-ethyl adjacent to an activating group) is 1. The van der Waals surface area contributed by atoms with Crippen molar-refractivity contribution < 1.29 is 14.6 Å². The largest absolute Gasteiger partial charge is 0.481 e. The topological polar surface area (TPSA) is 49.8 Å². The number of hydrogen-bond acceptors (Lipinski definition) is 3. The summed E-state index contributed by atoms with van der Waals surface area (Å²) in [6.07, 6.45) is 0. The average molecular weight is 328 g/mol. The zero-order chi connectivity index (χ0) is 14.0. The molecule has 1 aliphatic heterocycles. The summed E-state index contributed by atoms with van der Waals surface area (Å²) in [5.74, 6) is -1.23. The van der Waals surface area contributed by atoms with Crippen LogP contribution in [0.15, 0.2) is 28.7 Å². The van der Waals surface area contributed by atoms with Gasteiger partial charge in [0.2, 0.25) is 0 Å². The summed E-state index contributed by atoms with van der Waals surface area (Å²) in [6, 6.07) is 8.06. The van der Waals surface area contributed by atoms with Crippen molar-refractivity contribution >= 4 is 21.9 Å². The Morgan fingerprint density at radius 2 is 2.16 bits per heavy atom. The van der Waals surface area contributed by atoms with Gasteiger partial charge < -0.3 is 9.84 Å². The first-order valence-electron chi connectivity index (χ1n) is 6.29. The Morgan fingerprint density at radius 3 is 2.79 bits per heavy atom. The van der Waals surface area contributed by atoms with Gasteiger partial charge in [-0.15, -0.1) is 0 Å². The third kappa shape index (κ3) is 2.99. The van der Waals surface area contributed by atoms with Gasteiger partial charge in [0.05, 0.1) is 19.1 Å². The van der Waals surface area contributed by atoms with E-state index < -0.39 is 11.9 Å². The van der Waals surface area contributed by atoms with Crippen molar-refractivity contribution in [2.75, 3.05) is 20.3 Å². The second-order valence-electron chi connectivity index (χ2n) is 4.91. The average Bonchev–Trinajstić information content (AvgIpc) is 2.87. The van der Waals surface area contributed by atoms with Crippen LogP contribution in [-0.2, 0) is 9.53 Å². The quantitative estimate of drug-likeness (QED) is 0.923. The monoisotopic (exact) mass is 327 g/mol. The number of carboxylic acid groups (broad SMARTS) is 1. The standard InChI is InChI=1S/C14H18BrNO3/c1-9(10-5-3-4-6-12(10)15)16(2)13-8-19-7-11(13)14(17)18/h3-6,9,11,13H,7-8H2,1-2H3,(H,17,18). The Kier molecular flexibility index (Phi) is 4.60. The molecule has 0 bridgehead atoms. The van der Waals surface area contributed by atoms with E-state index in [1.165, 1.54) is 0 Å². The van der Waals surface area contributed by atoms with E-state index in [0.717, 1.165) is 10.0 Å². The zero-order valence-corrected chi connectivity index (χ0v) is 12.6. The van der Waals surface area contributed by atoms with Crippen molar-refractivity contribution in [1.29, 1.82) is 0 Å². The number of ether oxygens (including phenoxy) is 1. The van der Waals surface area contributed by atoms with E-state index in [4.69, 9.17) is 4.74 Å². The number of halogens is 1. The van der Waals surface area contributed by atoms with Gasteiger partial charge in [-0.3, -0.25) is 9.69 Å². The van der Waals surface area contributed by atoms with Crippen molar-refractivity contribution in [3.8, 4) is 0 Å². The number of benzene rings is 1. The van der Waals surface area contributed by atoms with Gasteiger partial charge in [-0.2, -0.15) is 0 Å². The molecule has 0 amide bonds. The summed E-state index contributed by atoms with van der Waals surface area (Å²) in [5, 5.41) is 9.22. The maximum Gasteiger partial charge on any atom is 0.310 e. The van der Waals surface area contributed by atoms with Gasteiger partial charge in [-0.25, -0.2) is 0 Å². The third-order valence-electron chi connectivity index (χ3n) is 3.86. The smallest absolute Gasteiger partial charge is 0.310 e. The summed E-state index contributed by atoms with van der Waals surface area (Å²) < 4.78 is 6.38. The van der Waals surface area contributed by atoms with Gasteiger partial charge in [0, 0.05) is 16.6 Å². The zero-order valence-electron chi connectivity index (χ0n) is 11.0. The van der Waals surface area contributed by atoms with Crippen LogP contribution in [0.25, 0.3) is 0 Å². The van der Waals surface area contributed by atoms with E-state index in [2.05, 4.69) is 33.8 Å². The number of aliphatic carboxylic acids is 1. The summed E-state index contributed by atoms with van der Waals surface area (Å²) in [4.78, 5) is 13.3. The highest BCUT2D eigenvalue weighted by atomic mass is 79.9. The number of nitrogens with zero attached hydrogens (tertiary/aromatic N) is 1. The van der Waals surface area contributed by atoms with Gasteiger partial charge in [0.15, 0.2) is 0 Å². The van der Waals surface area contributed by atoms with Crippen LogP contribution in [0.4, 0.5) is 0 Å². The van der Waals surface area contributed by atoms with Crippen LogP contribution < -0.4 is 0 Å². The number of carbonyl (C=O) groups is 1. The van der Waals surface area contributed by atoms with Crippen molar-refractivity contribution in [3.05, 3.63) is 34.3 Å². The molecule has 0 radical (unpaired) electrons. The number of carboxylic acids is 1. The van der Waals surface area contributed by atoms with Crippen LogP contribution in [0.2, 0.25) is 0 Å². The van der Waals surface area contributed by atoms with Gasteiger partial charge in [-0.1, -0.05) is 34.1 Å². The molecule has 19 heavy (non-hydrogen) atoms. The molecule has 1 aliphatic rings. The predicted molar refractivity (Wildman–Crippen MR) is 76.1 cm³/mol. The normalized spacial score (nSPS) is 24.6. The van der Waals surface area contributed by atoms with Crippen molar-refractivity contribution in [2.24, 2.45) is 5.92 Å². The first-order chi connectivity index (χ1) is 9.02. The summed E-state index contributed by atoms with van der Waals surface area (Å²) >= 11 is 3.54. The van der Waals surface area contributed by atoms with E-state index >= 15 is 0 Å². The predicted octanol–water partition coefficient (Wildman–Crippen LogP) is 2.54. The summed E-state index contributed by atoms with van der Waals surface area (Å²) in [6.45, 7) is 2.85. The first-order valence-corrected chi connectivity index (χ1v) is 7.08. The van der Waals surface area contributed by atoms with Crippen LogP contribution >= 0.6 is 15.9 Å². The van der Waals surface area contributed by atoms with E-state index in [1.54, 1.807) is 0 Å². The van der Waals surface area contributed by atoms with E-state index in [1.807, 2.05) is 25.2 Å². The Labute approximate surface area is 121 Å². The summed E-state index contributed by atoms with van der Waals surface area (Å²) in [7, 11) is 1.96. The fourth-order valence-electron chi connectivity index (χ4n) is 2.50. The van der Waals surface area contributed by atoms with Gasteiger partial charge in [0.25, 0.3) is 0 Å². The molecule has 1 heterocycles. The fourth-order valence-corrected chi connectivity index (χ4v) is 3.12. The highest BCUT2D eigenvalue weighted by Gasteiger charge is 2.38. The highest BCUT2D eigenvalue weighted by molar-refractivity contribution is 9.10. The molecular formula is C14H18BrNO3. The lowest BCUT2D eigenvalue weighted by atomic mass is 9.99. The van der Waals surface area contributed by atoms with Gasteiger partial charge in [0.1, 0.15) is 0 Å². The second kappa shape index (κ2) is 6.03. The van der Waals surface area contributed by atoms with E-state index in [-0.39, 0.29) is 12.1 Å². The Balaban J connectivity index is 2.17. The maximum atomic E-state index is 11.2. The lowest BCUT2D eigenvalue weighted by molar-refractivity contribution is -0.143. The molecule has 1 N–H and O–H groups in total. The van der Waals surface area contributed by atoms with Crippen LogP contribution in [0.1, 0.15) is 18.5 Å². The lowest BCUT2D eigenvalue weighted by Crippen LogP contribution is -2.42. The minimum absolute atomic E-state index is 0.0837. The molecule has 0 aromatic heterocycles. The maximum absolute atomic E-state index is 11.2. The minimum Gasteiger partial charge on any atom is -0.481 e. The molecule has 0 spiro atoms. The van der Waals surface area contributed by atoms with Crippen molar-refractivity contribution in [3.63, 3.8) is 0 Å². The minimum atomic E-state index is -0.784. The van der Waals surface area contributed by atoms with Gasteiger partial charge >= 0.3 is 5.97 Å². The molecule has 2 rings (SSSR count). The Morgan fingerprint density at radius 1 is 1.47 bits per heavy atom. The van der Waals surface area contributed by atoms with E-state index in [9.17, 15) is 9.90 Å². The molecule has 0 saturated carbocycles. The number of hydrogen-bond donors (Lipinski definition) is 1. The van der Waals surface area contributed by atoms with Crippen molar-refractivity contribution in [2.45, 2.75) is 19.0 Å². The molecule has 1 aromatic rings. The van der Waals surface area contributed by atoms with Crippen LogP contribution in [0.5, 0.6) is 0 Å². The fraction of sp³-hybridized carbons (Fsp3) is 0.500. The Bertz CT molecular complexity index is 466. The lowest BCUT2D eigenvalue weighted by Gasteiger charge is -2.32. The van der Waals surface area contributed by atoms with E-state index in [0.29, 0.717) is 13.2 Å². The third-order valence-corrected chi connectivity index (χ3v) is 4.58. The SMILES string of the molecule is CC(c1ccccc1Br)N(C)C1COCC1C(=O)O. The first kappa shape index (κ1) is 14.5.